The van der Waals surface area contributed by atoms with E-state index in [9.17, 15) is 4.79 Å². The molecule has 0 bridgehead atoms. The summed E-state index contributed by atoms with van der Waals surface area (Å²) in [7, 11) is 0. The molecule has 0 saturated heterocycles. The molecule has 0 aromatic carbocycles. The SMILES string of the molecule is C=CCC(=O)C1(N(CC)CC)CCCC1. The van der Waals surface area contributed by atoms with Gasteiger partial charge in [-0.1, -0.05) is 32.8 Å². The van der Waals surface area contributed by atoms with E-state index in [-0.39, 0.29) is 5.54 Å². The third kappa shape index (κ3) is 2.31. The van der Waals surface area contributed by atoms with E-state index in [4.69, 9.17) is 0 Å². The summed E-state index contributed by atoms with van der Waals surface area (Å²) in [6.07, 6.45) is 6.74. The number of rotatable bonds is 6. The van der Waals surface area contributed by atoms with E-state index in [1.807, 2.05) is 0 Å². The molecule has 1 fully saturated rings. The molecule has 0 atom stereocenters. The number of allylic oxidation sites excluding steroid dienone is 1. The van der Waals surface area contributed by atoms with E-state index < -0.39 is 0 Å². The lowest BCUT2D eigenvalue weighted by atomic mass is 9.88. The molecule has 86 valence electrons. The van der Waals surface area contributed by atoms with Crippen molar-refractivity contribution in [2.75, 3.05) is 13.1 Å². The predicted octanol–water partition coefficient (Wildman–Crippen LogP) is 2.79. The molecular weight excluding hydrogens is 186 g/mol. The van der Waals surface area contributed by atoms with Crippen LogP contribution in [0.2, 0.25) is 0 Å². The summed E-state index contributed by atoms with van der Waals surface area (Å²) in [6, 6.07) is 0. The van der Waals surface area contributed by atoms with E-state index >= 15 is 0 Å². The maximum atomic E-state index is 12.2. The van der Waals surface area contributed by atoms with Crippen LogP contribution in [-0.4, -0.2) is 29.3 Å². The number of carbonyl (C=O) groups is 1. The third-order valence-corrected chi connectivity index (χ3v) is 3.65. The fourth-order valence-electron chi connectivity index (χ4n) is 2.88. The molecule has 2 heteroatoms. The Morgan fingerprint density at radius 3 is 2.27 bits per heavy atom. The van der Waals surface area contributed by atoms with Crippen LogP contribution in [0.4, 0.5) is 0 Å². The van der Waals surface area contributed by atoms with Crippen LogP contribution in [0.3, 0.4) is 0 Å². The zero-order chi connectivity index (χ0) is 11.3. The van der Waals surface area contributed by atoms with Crippen LogP contribution in [-0.2, 0) is 4.79 Å². The van der Waals surface area contributed by atoms with Crippen molar-refractivity contribution in [1.82, 2.24) is 4.90 Å². The minimum absolute atomic E-state index is 0.155. The Kier molecular flexibility index (Phi) is 4.52. The molecule has 0 N–H and O–H groups in total. The van der Waals surface area contributed by atoms with Crippen LogP contribution in [0.15, 0.2) is 12.7 Å². The average molecular weight is 209 g/mol. The molecule has 0 aromatic heterocycles. The number of nitrogens with zero attached hydrogens (tertiary/aromatic N) is 1. The van der Waals surface area contributed by atoms with E-state index in [1.165, 1.54) is 12.8 Å². The first-order valence-corrected chi connectivity index (χ1v) is 6.10. The smallest absolute Gasteiger partial charge is 0.156 e. The standard InChI is InChI=1S/C13H23NO/c1-4-9-12(15)13(10-7-8-11-13)14(5-2)6-3/h4H,1,5-11H2,2-3H3. The summed E-state index contributed by atoms with van der Waals surface area (Å²) in [6.45, 7) is 9.91. The van der Waals surface area contributed by atoms with Gasteiger partial charge in [0.2, 0.25) is 0 Å². The van der Waals surface area contributed by atoms with Crippen molar-refractivity contribution in [3.05, 3.63) is 12.7 Å². The highest BCUT2D eigenvalue weighted by Crippen LogP contribution is 2.36. The van der Waals surface area contributed by atoms with Crippen LogP contribution < -0.4 is 0 Å². The van der Waals surface area contributed by atoms with Crippen molar-refractivity contribution in [2.24, 2.45) is 0 Å². The Hall–Kier alpha value is -0.630. The number of carbonyl (C=O) groups excluding carboxylic acids is 1. The Balaban J connectivity index is 2.86. The predicted molar refractivity (Wildman–Crippen MR) is 63.9 cm³/mol. The van der Waals surface area contributed by atoms with Crippen LogP contribution in [0, 0.1) is 0 Å². The number of hydrogen-bond acceptors (Lipinski definition) is 2. The van der Waals surface area contributed by atoms with E-state index in [0.717, 1.165) is 25.9 Å². The maximum absolute atomic E-state index is 12.2. The molecule has 0 spiro atoms. The highest BCUT2D eigenvalue weighted by molar-refractivity contribution is 5.89. The molecule has 1 saturated carbocycles. The molecule has 0 aromatic rings. The lowest BCUT2D eigenvalue weighted by Gasteiger charge is -2.38. The highest BCUT2D eigenvalue weighted by atomic mass is 16.1. The van der Waals surface area contributed by atoms with Crippen LogP contribution in [0.25, 0.3) is 0 Å². The van der Waals surface area contributed by atoms with Gasteiger partial charge >= 0.3 is 0 Å². The Morgan fingerprint density at radius 2 is 1.87 bits per heavy atom. The van der Waals surface area contributed by atoms with Crippen LogP contribution in [0.5, 0.6) is 0 Å². The number of likely N-dealkylation sites (N-methyl/N-ethyl adjacent to an activating group) is 1. The average Bonchev–Trinajstić information content (AvgIpc) is 2.70. The number of hydrogen-bond donors (Lipinski definition) is 0. The molecular formula is C13H23NO. The fraction of sp³-hybridized carbons (Fsp3) is 0.769. The number of ketones is 1. The summed E-state index contributed by atoms with van der Waals surface area (Å²) >= 11 is 0. The summed E-state index contributed by atoms with van der Waals surface area (Å²) in [4.78, 5) is 14.6. The van der Waals surface area contributed by atoms with Gasteiger partial charge < -0.3 is 0 Å². The molecule has 1 aliphatic rings. The minimum Gasteiger partial charge on any atom is -0.297 e. The van der Waals surface area contributed by atoms with Crippen molar-refractivity contribution in [3.8, 4) is 0 Å². The molecule has 0 amide bonds. The molecule has 2 nitrogen and oxygen atoms in total. The van der Waals surface area contributed by atoms with Gasteiger partial charge in [-0.15, -0.1) is 6.58 Å². The van der Waals surface area contributed by atoms with Gasteiger partial charge in [0.05, 0.1) is 5.54 Å². The molecule has 0 heterocycles. The monoisotopic (exact) mass is 209 g/mol. The van der Waals surface area contributed by atoms with Gasteiger partial charge in [0, 0.05) is 6.42 Å². The Bertz CT molecular complexity index is 225. The topological polar surface area (TPSA) is 20.3 Å². The molecule has 15 heavy (non-hydrogen) atoms. The highest BCUT2D eigenvalue weighted by Gasteiger charge is 2.43. The fourth-order valence-corrected chi connectivity index (χ4v) is 2.88. The summed E-state index contributed by atoms with van der Waals surface area (Å²) in [5.74, 6) is 0.374. The second kappa shape index (κ2) is 5.45. The lowest BCUT2D eigenvalue weighted by molar-refractivity contribution is -0.130. The Labute approximate surface area is 93.3 Å². The summed E-state index contributed by atoms with van der Waals surface area (Å²) in [5, 5.41) is 0. The normalized spacial score (nSPS) is 19.4. The van der Waals surface area contributed by atoms with Crippen molar-refractivity contribution < 1.29 is 4.79 Å². The summed E-state index contributed by atoms with van der Waals surface area (Å²) in [5.41, 5.74) is -0.155. The minimum atomic E-state index is -0.155. The van der Waals surface area contributed by atoms with E-state index in [2.05, 4.69) is 25.3 Å². The van der Waals surface area contributed by atoms with Gasteiger partial charge in [-0.3, -0.25) is 9.69 Å². The largest absolute Gasteiger partial charge is 0.297 e. The third-order valence-electron chi connectivity index (χ3n) is 3.65. The van der Waals surface area contributed by atoms with Gasteiger partial charge in [-0.25, -0.2) is 0 Å². The molecule has 0 unspecified atom stereocenters. The second-order valence-electron chi connectivity index (χ2n) is 4.33. The van der Waals surface area contributed by atoms with Crippen molar-refractivity contribution >= 4 is 5.78 Å². The van der Waals surface area contributed by atoms with Crippen molar-refractivity contribution in [2.45, 2.75) is 51.5 Å². The first-order valence-electron chi connectivity index (χ1n) is 6.10. The van der Waals surface area contributed by atoms with Gasteiger partial charge in [-0.2, -0.15) is 0 Å². The van der Waals surface area contributed by atoms with Gasteiger partial charge in [0.25, 0.3) is 0 Å². The van der Waals surface area contributed by atoms with Gasteiger partial charge in [0.15, 0.2) is 5.78 Å². The first kappa shape index (κ1) is 12.4. The maximum Gasteiger partial charge on any atom is 0.156 e. The quantitative estimate of drug-likeness (QED) is 0.627. The number of Topliss-reactive ketones (excluding diaryl/α,β-unsaturated/α-hetero) is 1. The zero-order valence-electron chi connectivity index (χ0n) is 10.1. The van der Waals surface area contributed by atoms with Gasteiger partial charge in [-0.05, 0) is 25.9 Å². The molecule has 0 radical (unpaired) electrons. The first-order chi connectivity index (χ1) is 7.21. The van der Waals surface area contributed by atoms with Crippen LogP contribution in [0.1, 0.15) is 46.0 Å². The van der Waals surface area contributed by atoms with Crippen molar-refractivity contribution in [1.29, 1.82) is 0 Å². The molecule has 1 aliphatic carbocycles. The lowest BCUT2D eigenvalue weighted by Crippen LogP contribution is -2.52. The van der Waals surface area contributed by atoms with E-state index in [1.54, 1.807) is 6.08 Å². The second-order valence-corrected chi connectivity index (χ2v) is 4.33. The van der Waals surface area contributed by atoms with E-state index in [0.29, 0.717) is 12.2 Å². The van der Waals surface area contributed by atoms with Gasteiger partial charge in [0.1, 0.15) is 0 Å². The van der Waals surface area contributed by atoms with Crippen LogP contribution >= 0.6 is 0 Å². The van der Waals surface area contributed by atoms with Crippen molar-refractivity contribution in [3.63, 3.8) is 0 Å². The molecule has 1 rings (SSSR count). The Morgan fingerprint density at radius 1 is 1.33 bits per heavy atom. The molecule has 0 aliphatic heterocycles. The summed E-state index contributed by atoms with van der Waals surface area (Å²) < 4.78 is 0. The zero-order valence-corrected chi connectivity index (χ0v) is 10.1.